The van der Waals surface area contributed by atoms with E-state index in [4.69, 9.17) is 9.84 Å². The number of aliphatic hydroxyl groups is 1. The van der Waals surface area contributed by atoms with Gasteiger partial charge in [-0.3, -0.25) is 0 Å². The van der Waals surface area contributed by atoms with E-state index in [1.54, 1.807) is 24.3 Å². The van der Waals surface area contributed by atoms with Crippen molar-refractivity contribution in [2.24, 2.45) is 0 Å². The van der Waals surface area contributed by atoms with Crippen LogP contribution in [0.2, 0.25) is 0 Å². The van der Waals surface area contributed by atoms with Gasteiger partial charge in [0.05, 0.1) is 11.2 Å². The zero-order chi connectivity index (χ0) is 12.3. The lowest BCUT2D eigenvalue weighted by Crippen LogP contribution is -2.38. The highest BCUT2D eigenvalue weighted by Crippen LogP contribution is 2.26. The molecule has 4 nitrogen and oxygen atoms in total. The second-order valence-corrected chi connectivity index (χ2v) is 4.48. The second kappa shape index (κ2) is 4.85. The van der Waals surface area contributed by atoms with Crippen molar-refractivity contribution in [2.75, 3.05) is 13.2 Å². The molecule has 1 heterocycles. The Morgan fingerprint density at radius 3 is 2.59 bits per heavy atom. The fraction of sp³-hybridized carbons (Fsp3) is 0.462. The number of carbonyl (C=O) groups is 1. The van der Waals surface area contributed by atoms with Gasteiger partial charge in [-0.1, -0.05) is 18.2 Å². The first-order chi connectivity index (χ1) is 8.11. The van der Waals surface area contributed by atoms with E-state index in [2.05, 4.69) is 0 Å². The molecule has 0 spiro atoms. The van der Waals surface area contributed by atoms with Gasteiger partial charge in [0.1, 0.15) is 0 Å². The molecule has 1 aromatic carbocycles. The quantitative estimate of drug-likeness (QED) is 0.834. The molecule has 4 heteroatoms. The summed E-state index contributed by atoms with van der Waals surface area (Å²) in [6, 6.07) is 6.82. The third-order valence-corrected chi connectivity index (χ3v) is 3.19. The van der Waals surface area contributed by atoms with E-state index < -0.39 is 11.6 Å². The Hall–Kier alpha value is -1.39. The first-order valence-corrected chi connectivity index (χ1v) is 5.72. The van der Waals surface area contributed by atoms with E-state index >= 15 is 0 Å². The zero-order valence-corrected chi connectivity index (χ0v) is 9.56. The molecule has 0 radical (unpaired) electrons. The van der Waals surface area contributed by atoms with E-state index in [9.17, 15) is 9.90 Å². The van der Waals surface area contributed by atoms with Gasteiger partial charge in [0.2, 0.25) is 0 Å². The van der Waals surface area contributed by atoms with Crippen molar-refractivity contribution in [1.82, 2.24) is 0 Å². The summed E-state index contributed by atoms with van der Waals surface area (Å²) in [6.07, 6.45) is 1.49. The average molecular weight is 236 g/mol. The normalized spacial score (nSPS) is 18.9. The summed E-state index contributed by atoms with van der Waals surface area (Å²) in [5.74, 6) is -0.948. The minimum absolute atomic E-state index is 0.271. The topological polar surface area (TPSA) is 66.8 Å². The summed E-state index contributed by atoms with van der Waals surface area (Å²) in [5, 5.41) is 19.4. The monoisotopic (exact) mass is 236 g/mol. The van der Waals surface area contributed by atoms with Crippen molar-refractivity contribution >= 4 is 5.97 Å². The van der Waals surface area contributed by atoms with Crippen LogP contribution in [-0.2, 0) is 11.2 Å². The third-order valence-electron chi connectivity index (χ3n) is 3.19. The summed E-state index contributed by atoms with van der Waals surface area (Å²) >= 11 is 0. The highest BCUT2D eigenvalue weighted by molar-refractivity contribution is 5.89. The Bertz CT molecular complexity index is 408. The van der Waals surface area contributed by atoms with Gasteiger partial charge in [-0.2, -0.15) is 0 Å². The number of aromatic carboxylic acids is 1. The highest BCUT2D eigenvalue weighted by atomic mass is 16.5. The minimum atomic E-state index is -0.948. The first kappa shape index (κ1) is 12.1. The van der Waals surface area contributed by atoms with Crippen molar-refractivity contribution in [3.8, 4) is 0 Å². The molecule has 0 bridgehead atoms. The van der Waals surface area contributed by atoms with E-state index in [-0.39, 0.29) is 5.56 Å². The molecule has 0 aliphatic carbocycles. The Labute approximate surface area is 99.8 Å². The molecule has 2 N–H and O–H groups in total. The van der Waals surface area contributed by atoms with Crippen LogP contribution in [0, 0.1) is 0 Å². The maximum Gasteiger partial charge on any atom is 0.335 e. The van der Waals surface area contributed by atoms with Gasteiger partial charge in [0, 0.05) is 19.6 Å². The van der Waals surface area contributed by atoms with Gasteiger partial charge in [-0.05, 0) is 24.5 Å². The largest absolute Gasteiger partial charge is 0.478 e. The molecule has 0 saturated carbocycles. The van der Waals surface area contributed by atoms with Crippen molar-refractivity contribution in [3.05, 3.63) is 35.4 Å². The van der Waals surface area contributed by atoms with Crippen LogP contribution < -0.4 is 0 Å². The summed E-state index contributed by atoms with van der Waals surface area (Å²) in [5.41, 5.74) is 0.126. The predicted octanol–water partition coefficient (Wildman–Crippen LogP) is 1.47. The SMILES string of the molecule is O=C(O)c1ccccc1CC1(O)CCOCC1. The molecule has 2 rings (SSSR count). The molecule has 1 aliphatic rings. The molecule has 0 unspecified atom stereocenters. The smallest absolute Gasteiger partial charge is 0.335 e. The number of hydrogen-bond donors (Lipinski definition) is 2. The van der Waals surface area contributed by atoms with Gasteiger partial charge in [0.25, 0.3) is 0 Å². The maximum atomic E-state index is 11.1. The molecule has 1 saturated heterocycles. The molecular formula is C13H16O4. The standard InChI is InChI=1S/C13H16O4/c14-12(15)11-4-2-1-3-10(11)9-13(16)5-7-17-8-6-13/h1-4,16H,5-9H2,(H,14,15). The van der Waals surface area contributed by atoms with Crippen LogP contribution in [0.4, 0.5) is 0 Å². The lowest BCUT2D eigenvalue weighted by Gasteiger charge is -2.32. The second-order valence-electron chi connectivity index (χ2n) is 4.48. The lowest BCUT2D eigenvalue weighted by molar-refractivity contribution is -0.0626. The van der Waals surface area contributed by atoms with Crippen LogP contribution in [0.3, 0.4) is 0 Å². The number of carboxylic acid groups (broad SMARTS) is 1. The Morgan fingerprint density at radius 2 is 1.94 bits per heavy atom. The van der Waals surface area contributed by atoms with Gasteiger partial charge in [-0.15, -0.1) is 0 Å². The Kier molecular flexibility index (Phi) is 3.45. The van der Waals surface area contributed by atoms with Gasteiger partial charge >= 0.3 is 5.97 Å². The first-order valence-electron chi connectivity index (χ1n) is 5.72. The molecule has 0 amide bonds. The molecule has 1 aromatic rings. The van der Waals surface area contributed by atoms with Crippen molar-refractivity contribution in [2.45, 2.75) is 24.9 Å². The summed E-state index contributed by atoms with van der Waals surface area (Å²) < 4.78 is 5.20. The van der Waals surface area contributed by atoms with Crippen LogP contribution >= 0.6 is 0 Å². The maximum absolute atomic E-state index is 11.1. The lowest BCUT2D eigenvalue weighted by atomic mass is 9.86. The van der Waals surface area contributed by atoms with Crippen LogP contribution in [0.25, 0.3) is 0 Å². The molecule has 0 atom stereocenters. The van der Waals surface area contributed by atoms with E-state index in [0.29, 0.717) is 38.0 Å². The summed E-state index contributed by atoms with van der Waals surface area (Å²) in [6.45, 7) is 1.07. The number of hydrogen-bond acceptors (Lipinski definition) is 3. The summed E-state index contributed by atoms with van der Waals surface area (Å²) in [4.78, 5) is 11.1. The van der Waals surface area contributed by atoms with Gasteiger partial charge in [0.15, 0.2) is 0 Å². The molecule has 1 fully saturated rings. The average Bonchev–Trinajstić information content (AvgIpc) is 2.29. The van der Waals surface area contributed by atoms with E-state index in [1.807, 2.05) is 0 Å². The molecule has 92 valence electrons. The molecule has 0 aromatic heterocycles. The zero-order valence-electron chi connectivity index (χ0n) is 9.56. The Balaban J connectivity index is 2.20. The van der Waals surface area contributed by atoms with E-state index in [1.165, 1.54) is 0 Å². The van der Waals surface area contributed by atoms with Crippen molar-refractivity contribution in [1.29, 1.82) is 0 Å². The van der Waals surface area contributed by atoms with Crippen LogP contribution in [-0.4, -0.2) is 35.0 Å². The van der Waals surface area contributed by atoms with Gasteiger partial charge < -0.3 is 14.9 Å². The molecule has 17 heavy (non-hydrogen) atoms. The van der Waals surface area contributed by atoms with Crippen LogP contribution in [0.1, 0.15) is 28.8 Å². The van der Waals surface area contributed by atoms with Crippen molar-refractivity contribution in [3.63, 3.8) is 0 Å². The molecule has 1 aliphatic heterocycles. The van der Waals surface area contributed by atoms with Crippen LogP contribution in [0.5, 0.6) is 0 Å². The number of ether oxygens (including phenoxy) is 1. The molecular weight excluding hydrogens is 220 g/mol. The van der Waals surface area contributed by atoms with Crippen LogP contribution in [0.15, 0.2) is 24.3 Å². The third kappa shape index (κ3) is 2.84. The van der Waals surface area contributed by atoms with Crippen molar-refractivity contribution < 1.29 is 19.7 Å². The van der Waals surface area contributed by atoms with Gasteiger partial charge in [-0.25, -0.2) is 4.79 Å². The fourth-order valence-corrected chi connectivity index (χ4v) is 2.17. The summed E-state index contributed by atoms with van der Waals surface area (Å²) in [7, 11) is 0. The highest BCUT2D eigenvalue weighted by Gasteiger charge is 2.31. The predicted molar refractivity (Wildman–Crippen MR) is 62.1 cm³/mol. The Morgan fingerprint density at radius 1 is 1.29 bits per heavy atom. The fourth-order valence-electron chi connectivity index (χ4n) is 2.17. The minimum Gasteiger partial charge on any atom is -0.478 e. The van der Waals surface area contributed by atoms with E-state index in [0.717, 1.165) is 0 Å². The number of rotatable bonds is 3. The number of carboxylic acids is 1. The number of benzene rings is 1.